The van der Waals surface area contributed by atoms with Crippen LogP contribution in [0.1, 0.15) is 6.92 Å². The van der Waals surface area contributed by atoms with Gasteiger partial charge >= 0.3 is 0 Å². The molecule has 0 rings (SSSR count). The van der Waals surface area contributed by atoms with Crippen LogP contribution >= 0.6 is 0 Å². The molecule has 0 aromatic rings. The number of hydrogen-bond donors (Lipinski definition) is 1. The van der Waals surface area contributed by atoms with Crippen LogP contribution < -0.4 is 5.32 Å². The Kier molecular flexibility index (Phi) is 3.71. The van der Waals surface area contributed by atoms with Crippen LogP contribution in [0.15, 0.2) is 0 Å². The Morgan fingerprint density at radius 1 is 1.36 bits per heavy atom. The fraction of sp³-hybridized carbons (Fsp3) is 0.833. The van der Waals surface area contributed by atoms with Gasteiger partial charge in [0.05, 0.1) is 21.1 Å². The highest BCUT2D eigenvalue weighted by Gasteiger charge is 2.15. The molecule has 0 amide bonds. The average molecular weight is 179 g/mol. The third-order valence-corrected chi connectivity index (χ3v) is 1.90. The van der Waals surface area contributed by atoms with E-state index >= 15 is 0 Å². The fourth-order valence-corrected chi connectivity index (χ4v) is 0.686. The summed E-state index contributed by atoms with van der Waals surface area (Å²) in [5.74, 6) is 0. The van der Waals surface area contributed by atoms with Crippen LogP contribution in [0.5, 0.6) is 0 Å². The van der Waals surface area contributed by atoms with Gasteiger partial charge in [0, 0.05) is 6.92 Å². The van der Waals surface area contributed by atoms with Gasteiger partial charge in [-0.1, -0.05) is 0 Å². The molecule has 1 atom stereocenters. The van der Waals surface area contributed by atoms with Gasteiger partial charge in [0.1, 0.15) is 11.7 Å². The normalized spacial score (nSPS) is 14.2. The summed E-state index contributed by atoms with van der Waals surface area (Å²) in [6.45, 7) is 1.92. The lowest BCUT2D eigenvalue weighted by molar-refractivity contribution is -0.896. The standard InChI is InChI=1S/C6H15N2O2S/c1-6(8(2,3)4)7-5-11(9)10/h5-7H,1-4H3/q+1. The Morgan fingerprint density at radius 2 is 1.82 bits per heavy atom. The van der Waals surface area contributed by atoms with E-state index in [0.717, 1.165) is 5.49 Å². The van der Waals surface area contributed by atoms with E-state index in [-0.39, 0.29) is 6.17 Å². The molecule has 1 N–H and O–H groups in total. The molecule has 0 saturated carbocycles. The van der Waals surface area contributed by atoms with Crippen LogP contribution in [0.4, 0.5) is 0 Å². The molecular formula is C6H15N2O2S+. The van der Waals surface area contributed by atoms with E-state index in [1.165, 1.54) is 0 Å². The van der Waals surface area contributed by atoms with Crippen molar-refractivity contribution in [3.05, 3.63) is 0 Å². The molecule has 0 aliphatic heterocycles. The number of nitrogens with zero attached hydrogens (tertiary/aromatic N) is 1. The van der Waals surface area contributed by atoms with Crippen LogP contribution in [-0.2, 0) is 10.3 Å². The van der Waals surface area contributed by atoms with Gasteiger partial charge in [0.25, 0.3) is 0 Å². The zero-order chi connectivity index (χ0) is 9.07. The van der Waals surface area contributed by atoms with Crippen molar-refractivity contribution in [1.29, 1.82) is 0 Å². The van der Waals surface area contributed by atoms with Crippen LogP contribution in [0, 0.1) is 0 Å². The van der Waals surface area contributed by atoms with Crippen LogP contribution in [0.25, 0.3) is 0 Å². The monoisotopic (exact) mass is 179 g/mol. The minimum atomic E-state index is -2.12. The first kappa shape index (κ1) is 10.6. The maximum atomic E-state index is 10.1. The van der Waals surface area contributed by atoms with E-state index < -0.39 is 10.3 Å². The third-order valence-electron chi connectivity index (χ3n) is 1.57. The molecule has 66 valence electrons. The van der Waals surface area contributed by atoms with Gasteiger partial charge < -0.3 is 4.48 Å². The van der Waals surface area contributed by atoms with E-state index in [2.05, 4.69) is 5.32 Å². The summed E-state index contributed by atoms with van der Waals surface area (Å²) in [5.41, 5.74) is 1.06. The summed E-state index contributed by atoms with van der Waals surface area (Å²) < 4.78 is 20.9. The van der Waals surface area contributed by atoms with Gasteiger partial charge in [-0.3, -0.25) is 0 Å². The molecule has 0 bridgehead atoms. The Labute approximate surface area is 68.9 Å². The second-order valence-corrected chi connectivity index (χ2v) is 4.09. The Balaban J connectivity index is 4.10. The van der Waals surface area contributed by atoms with Crippen LogP contribution in [-0.4, -0.2) is 45.7 Å². The number of hydrogen-bond acceptors (Lipinski definition) is 2. The van der Waals surface area contributed by atoms with Gasteiger partial charge in [-0.05, 0) is 0 Å². The van der Waals surface area contributed by atoms with Gasteiger partial charge in [0.15, 0.2) is 0 Å². The molecule has 5 heteroatoms. The van der Waals surface area contributed by atoms with Crippen molar-refractivity contribution in [2.24, 2.45) is 0 Å². The average Bonchev–Trinajstić information content (AvgIpc) is 1.80. The second kappa shape index (κ2) is 3.85. The Morgan fingerprint density at radius 3 is 2.09 bits per heavy atom. The SMILES string of the molecule is CC(NC=S(=O)=O)[N+](C)(C)C. The first-order valence-electron chi connectivity index (χ1n) is 3.32. The largest absolute Gasteiger partial charge is 0.316 e. The summed E-state index contributed by atoms with van der Waals surface area (Å²) in [6.07, 6.45) is 0.0906. The Hall–Kier alpha value is -0.390. The molecule has 1 unspecified atom stereocenters. The van der Waals surface area contributed by atoms with Crippen LogP contribution in [0.3, 0.4) is 0 Å². The van der Waals surface area contributed by atoms with E-state index in [1.807, 2.05) is 28.1 Å². The van der Waals surface area contributed by atoms with Crippen molar-refractivity contribution >= 4 is 15.8 Å². The highest BCUT2D eigenvalue weighted by molar-refractivity contribution is 7.71. The van der Waals surface area contributed by atoms with Crippen molar-refractivity contribution in [2.45, 2.75) is 13.1 Å². The lowest BCUT2D eigenvalue weighted by Crippen LogP contribution is -2.51. The maximum absolute atomic E-state index is 10.1. The Bertz CT molecular complexity index is 230. The quantitative estimate of drug-likeness (QED) is 0.353. The van der Waals surface area contributed by atoms with Gasteiger partial charge in [-0.2, -0.15) is 8.42 Å². The van der Waals surface area contributed by atoms with E-state index in [1.54, 1.807) is 0 Å². The van der Waals surface area contributed by atoms with Crippen LogP contribution in [0.2, 0.25) is 0 Å². The maximum Gasteiger partial charge on any atom is 0.225 e. The van der Waals surface area contributed by atoms with E-state index in [4.69, 9.17) is 0 Å². The van der Waals surface area contributed by atoms with E-state index in [0.29, 0.717) is 4.48 Å². The van der Waals surface area contributed by atoms with Gasteiger partial charge in [-0.25, -0.2) is 5.32 Å². The fourth-order valence-electron chi connectivity index (χ4n) is 0.378. The first-order chi connectivity index (χ1) is 4.84. The first-order valence-corrected chi connectivity index (χ1v) is 4.46. The van der Waals surface area contributed by atoms with Crippen molar-refractivity contribution in [2.75, 3.05) is 21.1 Å². The molecule has 0 fully saturated rings. The van der Waals surface area contributed by atoms with Gasteiger partial charge in [0.2, 0.25) is 10.3 Å². The molecule has 4 nitrogen and oxygen atoms in total. The number of rotatable bonds is 3. The highest BCUT2D eigenvalue weighted by atomic mass is 32.2. The molecule has 0 aliphatic rings. The zero-order valence-corrected chi connectivity index (χ0v) is 8.14. The highest BCUT2D eigenvalue weighted by Crippen LogP contribution is 1.95. The summed E-state index contributed by atoms with van der Waals surface area (Å²) in [6, 6.07) is 0. The predicted molar refractivity (Wildman–Crippen MR) is 45.6 cm³/mol. The predicted octanol–water partition coefficient (Wildman–Crippen LogP) is -0.733. The minimum absolute atomic E-state index is 0.0906. The molecule has 0 heterocycles. The molecule has 0 saturated heterocycles. The molecule has 11 heavy (non-hydrogen) atoms. The summed E-state index contributed by atoms with van der Waals surface area (Å²) in [7, 11) is 3.84. The number of quaternary nitrogens is 1. The topological polar surface area (TPSA) is 46.2 Å². The van der Waals surface area contributed by atoms with Crippen molar-refractivity contribution < 1.29 is 12.9 Å². The lowest BCUT2D eigenvalue weighted by atomic mass is 10.4. The van der Waals surface area contributed by atoms with Crippen molar-refractivity contribution in [3.8, 4) is 0 Å². The molecule has 0 aliphatic carbocycles. The smallest absolute Gasteiger partial charge is 0.225 e. The molecule has 0 aromatic carbocycles. The molecule has 0 aromatic heterocycles. The minimum Gasteiger partial charge on any atom is -0.316 e. The summed E-state index contributed by atoms with van der Waals surface area (Å²) in [5, 5.41) is 2.76. The third kappa shape index (κ3) is 4.94. The molecule has 0 radical (unpaired) electrons. The summed E-state index contributed by atoms with van der Waals surface area (Å²) in [4.78, 5) is 0. The lowest BCUT2D eigenvalue weighted by Gasteiger charge is -2.30. The molecule has 0 spiro atoms. The second-order valence-electron chi connectivity index (χ2n) is 3.34. The van der Waals surface area contributed by atoms with Crippen molar-refractivity contribution in [3.63, 3.8) is 0 Å². The van der Waals surface area contributed by atoms with E-state index in [9.17, 15) is 8.42 Å². The van der Waals surface area contributed by atoms with Crippen molar-refractivity contribution in [1.82, 2.24) is 5.32 Å². The zero-order valence-electron chi connectivity index (χ0n) is 7.33. The van der Waals surface area contributed by atoms with Gasteiger partial charge in [-0.15, -0.1) is 0 Å². The number of nitrogens with one attached hydrogen (secondary N) is 1. The summed E-state index contributed by atoms with van der Waals surface area (Å²) >= 11 is 0. The molecular weight excluding hydrogens is 164 g/mol.